The van der Waals surface area contributed by atoms with E-state index in [2.05, 4.69) is 24.5 Å². The molecule has 1 aliphatic rings. The van der Waals surface area contributed by atoms with Gasteiger partial charge in [-0.3, -0.25) is 9.59 Å². The van der Waals surface area contributed by atoms with Crippen LogP contribution in [0.4, 0.5) is 10.1 Å². The first-order valence-corrected chi connectivity index (χ1v) is 7.50. The van der Waals surface area contributed by atoms with Gasteiger partial charge in [-0.15, -0.1) is 12.4 Å². The lowest BCUT2D eigenvalue weighted by Crippen LogP contribution is -2.44. The van der Waals surface area contributed by atoms with E-state index in [9.17, 15) is 14.0 Å². The average Bonchev–Trinajstić information content (AvgIpc) is 2.44. The Bertz CT molecular complexity index is 580. The second kappa shape index (κ2) is 8.26. The van der Waals surface area contributed by atoms with E-state index in [0.29, 0.717) is 23.7 Å². The van der Waals surface area contributed by atoms with Gasteiger partial charge in [0.05, 0.1) is 5.92 Å². The van der Waals surface area contributed by atoms with Crippen molar-refractivity contribution >= 4 is 29.9 Å². The van der Waals surface area contributed by atoms with Gasteiger partial charge in [-0.25, -0.2) is 4.39 Å². The molecule has 0 aliphatic carbocycles. The van der Waals surface area contributed by atoms with Gasteiger partial charge in [0, 0.05) is 24.7 Å². The average molecular weight is 344 g/mol. The smallest absolute Gasteiger partial charge is 0.228 e. The van der Waals surface area contributed by atoms with Crippen molar-refractivity contribution in [2.24, 2.45) is 11.7 Å². The molecule has 2 amide bonds. The molecule has 0 saturated carbocycles. The lowest BCUT2D eigenvalue weighted by atomic mass is 9.89. The van der Waals surface area contributed by atoms with Crippen LogP contribution in [0, 0.1) is 11.7 Å². The highest BCUT2D eigenvalue weighted by atomic mass is 35.5. The third kappa shape index (κ3) is 4.91. The highest BCUT2D eigenvalue weighted by molar-refractivity contribution is 6.01. The zero-order valence-corrected chi connectivity index (χ0v) is 14.1. The summed E-state index contributed by atoms with van der Waals surface area (Å²) in [6.07, 6.45) is 0.834. The Morgan fingerprint density at radius 2 is 2.17 bits per heavy atom. The van der Waals surface area contributed by atoms with Crippen LogP contribution < -0.4 is 16.4 Å². The number of anilines is 1. The predicted molar refractivity (Wildman–Crippen MR) is 90.1 cm³/mol. The molecule has 2 unspecified atom stereocenters. The van der Waals surface area contributed by atoms with Gasteiger partial charge in [-0.2, -0.15) is 0 Å². The Hall–Kier alpha value is -1.66. The van der Waals surface area contributed by atoms with Gasteiger partial charge in [0.25, 0.3) is 0 Å². The molecule has 1 aromatic carbocycles. The third-order valence-electron chi connectivity index (χ3n) is 3.76. The summed E-state index contributed by atoms with van der Waals surface area (Å²) >= 11 is 0. The lowest BCUT2D eigenvalue weighted by molar-refractivity contribution is -0.126. The molecule has 0 fully saturated rings. The number of nitrogens with one attached hydrogen (secondary N) is 2. The summed E-state index contributed by atoms with van der Waals surface area (Å²) in [6, 6.07) is 3.96. The first-order valence-electron chi connectivity index (χ1n) is 7.50. The molecule has 2 rings (SSSR count). The highest BCUT2D eigenvalue weighted by Gasteiger charge is 2.31. The summed E-state index contributed by atoms with van der Waals surface area (Å²) in [5.41, 5.74) is 6.70. The molecule has 2 atom stereocenters. The molecular weight excluding hydrogens is 321 g/mol. The Labute approximate surface area is 141 Å². The zero-order chi connectivity index (χ0) is 16.3. The van der Waals surface area contributed by atoms with Crippen molar-refractivity contribution < 1.29 is 14.0 Å². The van der Waals surface area contributed by atoms with Crippen LogP contribution in [0.25, 0.3) is 0 Å². The topological polar surface area (TPSA) is 84.2 Å². The van der Waals surface area contributed by atoms with Crippen molar-refractivity contribution in [3.05, 3.63) is 29.6 Å². The first kappa shape index (κ1) is 19.4. The standard InChI is InChI=1S/C16H22FN3O2.ClH/c1-9(2)5-11(8-18)19-16(22)13-7-15(21)20-14-6-10(17)3-4-12(13)14;/h3-4,6,9,11,13H,5,7-8,18H2,1-2H3,(H,19,22)(H,20,21);1H. The zero-order valence-electron chi connectivity index (χ0n) is 13.3. The Morgan fingerprint density at radius 3 is 2.78 bits per heavy atom. The number of nitrogens with two attached hydrogens (primary N) is 1. The van der Waals surface area contributed by atoms with Crippen LogP contribution in [0.15, 0.2) is 18.2 Å². The second-order valence-corrected chi connectivity index (χ2v) is 6.11. The minimum atomic E-state index is -0.606. The van der Waals surface area contributed by atoms with Crippen molar-refractivity contribution in [3.8, 4) is 0 Å². The molecule has 0 spiro atoms. The van der Waals surface area contributed by atoms with E-state index in [4.69, 9.17) is 5.73 Å². The maximum absolute atomic E-state index is 13.3. The number of rotatable bonds is 5. The van der Waals surface area contributed by atoms with Crippen molar-refractivity contribution in [2.75, 3.05) is 11.9 Å². The Balaban J connectivity index is 0.00000264. The SMILES string of the molecule is CC(C)CC(CN)NC(=O)C1CC(=O)Nc2cc(F)ccc21.Cl. The Kier molecular flexibility index (Phi) is 6.97. The predicted octanol–water partition coefficient (Wildman–Crippen LogP) is 2.16. The fourth-order valence-electron chi connectivity index (χ4n) is 2.76. The fraction of sp³-hybridized carbons (Fsp3) is 0.500. The van der Waals surface area contributed by atoms with E-state index in [1.165, 1.54) is 12.1 Å². The summed E-state index contributed by atoms with van der Waals surface area (Å²) in [5, 5.41) is 5.51. The molecule has 4 N–H and O–H groups in total. The van der Waals surface area contributed by atoms with Crippen LogP contribution in [-0.2, 0) is 9.59 Å². The molecule has 0 bridgehead atoms. The number of carbonyl (C=O) groups is 2. The molecule has 128 valence electrons. The second-order valence-electron chi connectivity index (χ2n) is 6.11. The molecule has 7 heteroatoms. The largest absolute Gasteiger partial charge is 0.352 e. The van der Waals surface area contributed by atoms with Crippen LogP contribution in [0.1, 0.15) is 38.2 Å². The van der Waals surface area contributed by atoms with E-state index < -0.39 is 11.7 Å². The maximum atomic E-state index is 13.3. The molecule has 23 heavy (non-hydrogen) atoms. The van der Waals surface area contributed by atoms with E-state index in [1.54, 1.807) is 6.07 Å². The van der Waals surface area contributed by atoms with Gasteiger partial charge in [-0.05, 0) is 30.0 Å². The first-order chi connectivity index (χ1) is 10.4. The number of amides is 2. The van der Waals surface area contributed by atoms with Crippen LogP contribution in [0.5, 0.6) is 0 Å². The number of halogens is 2. The number of hydrogen-bond acceptors (Lipinski definition) is 3. The van der Waals surface area contributed by atoms with E-state index in [-0.39, 0.29) is 36.7 Å². The Morgan fingerprint density at radius 1 is 1.48 bits per heavy atom. The van der Waals surface area contributed by atoms with E-state index in [1.807, 2.05) is 0 Å². The monoisotopic (exact) mass is 343 g/mol. The van der Waals surface area contributed by atoms with Crippen LogP contribution in [-0.4, -0.2) is 24.4 Å². The number of carbonyl (C=O) groups excluding carboxylic acids is 2. The molecule has 1 aliphatic heterocycles. The number of fused-ring (bicyclic) bond motifs is 1. The molecule has 0 saturated heterocycles. The van der Waals surface area contributed by atoms with Gasteiger partial charge in [0.1, 0.15) is 5.82 Å². The molecule has 0 aromatic heterocycles. The number of benzene rings is 1. The summed E-state index contributed by atoms with van der Waals surface area (Å²) in [6.45, 7) is 4.46. The van der Waals surface area contributed by atoms with Crippen molar-refractivity contribution in [2.45, 2.75) is 38.6 Å². The number of hydrogen-bond donors (Lipinski definition) is 3. The van der Waals surface area contributed by atoms with Gasteiger partial charge in [-0.1, -0.05) is 19.9 Å². The summed E-state index contributed by atoms with van der Waals surface area (Å²) in [4.78, 5) is 24.2. The van der Waals surface area contributed by atoms with Crippen LogP contribution >= 0.6 is 12.4 Å². The summed E-state index contributed by atoms with van der Waals surface area (Å²) in [7, 11) is 0. The minimum Gasteiger partial charge on any atom is -0.352 e. The van der Waals surface area contributed by atoms with E-state index in [0.717, 1.165) is 6.42 Å². The summed E-state index contributed by atoms with van der Waals surface area (Å²) < 4.78 is 13.3. The quantitative estimate of drug-likeness (QED) is 0.766. The molecule has 0 radical (unpaired) electrons. The minimum absolute atomic E-state index is 0. The van der Waals surface area contributed by atoms with Crippen LogP contribution in [0.2, 0.25) is 0 Å². The summed E-state index contributed by atoms with van der Waals surface area (Å²) in [5.74, 6) is -1.17. The molecule has 1 heterocycles. The third-order valence-corrected chi connectivity index (χ3v) is 3.76. The lowest BCUT2D eigenvalue weighted by Gasteiger charge is -2.27. The van der Waals surface area contributed by atoms with Gasteiger partial charge in [0.2, 0.25) is 11.8 Å². The molecule has 5 nitrogen and oxygen atoms in total. The van der Waals surface area contributed by atoms with Crippen molar-refractivity contribution in [1.29, 1.82) is 0 Å². The van der Waals surface area contributed by atoms with Crippen molar-refractivity contribution in [1.82, 2.24) is 5.32 Å². The fourth-order valence-corrected chi connectivity index (χ4v) is 2.76. The van der Waals surface area contributed by atoms with Crippen LogP contribution in [0.3, 0.4) is 0 Å². The van der Waals surface area contributed by atoms with Gasteiger partial charge in [0.15, 0.2) is 0 Å². The highest BCUT2D eigenvalue weighted by Crippen LogP contribution is 2.33. The van der Waals surface area contributed by atoms with E-state index >= 15 is 0 Å². The van der Waals surface area contributed by atoms with Gasteiger partial charge < -0.3 is 16.4 Å². The maximum Gasteiger partial charge on any atom is 0.228 e. The molecular formula is C16H23ClFN3O2. The normalized spacial score (nSPS) is 17.8. The van der Waals surface area contributed by atoms with Crippen molar-refractivity contribution in [3.63, 3.8) is 0 Å². The molecule has 1 aromatic rings. The van der Waals surface area contributed by atoms with Gasteiger partial charge >= 0.3 is 0 Å².